The summed E-state index contributed by atoms with van der Waals surface area (Å²) in [5.41, 5.74) is 1.84. The molecule has 126 valence electrons. The molecule has 1 amide bonds. The van der Waals surface area contributed by atoms with Gasteiger partial charge in [0.15, 0.2) is 0 Å². The van der Waals surface area contributed by atoms with E-state index in [4.69, 9.17) is 17.3 Å². The molecule has 0 saturated carbocycles. The van der Waals surface area contributed by atoms with Crippen LogP contribution in [-0.2, 0) is 14.4 Å². The zero-order valence-corrected chi connectivity index (χ0v) is 14.4. The minimum Gasteiger partial charge on any atom is -0.481 e. The van der Waals surface area contributed by atoms with E-state index in [1.165, 1.54) is 0 Å². The Morgan fingerprint density at radius 3 is 2.67 bits per heavy atom. The van der Waals surface area contributed by atoms with Crippen LogP contribution < -0.4 is 0 Å². The third-order valence-electron chi connectivity index (χ3n) is 3.39. The lowest BCUT2D eigenvalue weighted by Gasteiger charge is -2.22. The van der Waals surface area contributed by atoms with Crippen LogP contribution >= 0.6 is 24.0 Å². The predicted octanol–water partition coefficient (Wildman–Crippen LogP) is 2.51. The van der Waals surface area contributed by atoms with Crippen LogP contribution in [0.25, 0.3) is 6.08 Å². The molecule has 1 aromatic carbocycles. The molecule has 0 bridgehead atoms. The quantitative estimate of drug-likeness (QED) is 0.591. The van der Waals surface area contributed by atoms with Gasteiger partial charge in [-0.2, -0.15) is 0 Å². The number of hydrogen-bond acceptors (Lipinski definition) is 5. The van der Waals surface area contributed by atoms with Crippen LogP contribution in [0.4, 0.5) is 0 Å². The second kappa shape index (κ2) is 7.59. The third-order valence-corrected chi connectivity index (χ3v) is 4.72. The van der Waals surface area contributed by atoms with Gasteiger partial charge in [0, 0.05) is 6.42 Å². The zero-order chi connectivity index (χ0) is 17.9. The first-order valence-electron chi connectivity index (χ1n) is 7.08. The number of thiocarbonyl (C=S) groups is 1. The summed E-state index contributed by atoms with van der Waals surface area (Å²) < 4.78 is 0.122. The Bertz CT molecular complexity index is 744. The predicted molar refractivity (Wildman–Crippen MR) is 94.5 cm³/mol. The van der Waals surface area contributed by atoms with E-state index in [2.05, 4.69) is 0 Å². The molecule has 1 heterocycles. The van der Waals surface area contributed by atoms with Gasteiger partial charge in [0.1, 0.15) is 10.4 Å². The second-order valence-electron chi connectivity index (χ2n) is 5.25. The third kappa shape index (κ3) is 4.21. The summed E-state index contributed by atoms with van der Waals surface area (Å²) >= 11 is 6.15. The van der Waals surface area contributed by atoms with Crippen molar-refractivity contribution in [3.8, 4) is 0 Å². The van der Waals surface area contributed by atoms with Crippen molar-refractivity contribution < 1.29 is 24.6 Å². The van der Waals surface area contributed by atoms with E-state index in [-0.39, 0.29) is 17.2 Å². The minimum atomic E-state index is -1.28. The number of hydrogen-bond donors (Lipinski definition) is 2. The maximum absolute atomic E-state index is 12.5. The molecule has 0 unspecified atom stereocenters. The molecule has 0 aromatic heterocycles. The maximum atomic E-state index is 12.5. The van der Waals surface area contributed by atoms with Crippen LogP contribution in [0, 0.1) is 6.92 Å². The second-order valence-corrected chi connectivity index (χ2v) is 6.93. The summed E-state index contributed by atoms with van der Waals surface area (Å²) in [6.45, 7) is 1.93. The molecule has 2 rings (SSSR count). The van der Waals surface area contributed by atoms with E-state index in [9.17, 15) is 19.5 Å². The summed E-state index contributed by atoms with van der Waals surface area (Å²) in [6, 6.07) is 6.23. The lowest BCUT2D eigenvalue weighted by atomic mass is 10.1. The highest BCUT2D eigenvalue weighted by atomic mass is 32.2. The van der Waals surface area contributed by atoms with Crippen molar-refractivity contribution >= 4 is 52.2 Å². The van der Waals surface area contributed by atoms with E-state index in [0.29, 0.717) is 4.91 Å². The molecule has 24 heavy (non-hydrogen) atoms. The fourth-order valence-electron chi connectivity index (χ4n) is 2.28. The van der Waals surface area contributed by atoms with Gasteiger partial charge in [-0.25, -0.2) is 4.79 Å². The van der Waals surface area contributed by atoms with Crippen LogP contribution in [-0.4, -0.2) is 43.3 Å². The van der Waals surface area contributed by atoms with Crippen molar-refractivity contribution in [2.24, 2.45) is 0 Å². The Balaban J connectivity index is 2.26. The summed E-state index contributed by atoms with van der Waals surface area (Å²) in [5, 5.41) is 18.1. The Morgan fingerprint density at radius 1 is 1.38 bits per heavy atom. The van der Waals surface area contributed by atoms with Crippen LogP contribution in [0.2, 0.25) is 0 Å². The first-order chi connectivity index (χ1) is 11.3. The van der Waals surface area contributed by atoms with Gasteiger partial charge in [0.25, 0.3) is 5.91 Å². The number of nitrogens with zero attached hydrogens (tertiary/aromatic N) is 1. The molecule has 1 aliphatic heterocycles. The van der Waals surface area contributed by atoms with Crippen LogP contribution in [0.5, 0.6) is 0 Å². The monoisotopic (exact) mass is 365 g/mol. The van der Waals surface area contributed by atoms with Crippen molar-refractivity contribution in [1.82, 2.24) is 4.90 Å². The number of carboxylic acid groups (broad SMARTS) is 2. The zero-order valence-electron chi connectivity index (χ0n) is 12.8. The number of carbonyl (C=O) groups is 3. The molecule has 8 heteroatoms. The number of amides is 1. The SMILES string of the molecule is Cc1cccc(/C=C2/SC(=S)N([C@H](CCC(=O)O)C(=O)O)C2=O)c1. The van der Waals surface area contributed by atoms with E-state index in [1.54, 1.807) is 6.08 Å². The van der Waals surface area contributed by atoms with Gasteiger partial charge in [-0.15, -0.1) is 0 Å². The number of rotatable bonds is 6. The molecular formula is C16H15NO5S2. The largest absolute Gasteiger partial charge is 0.481 e. The van der Waals surface area contributed by atoms with Crippen LogP contribution in [0.15, 0.2) is 29.2 Å². The highest BCUT2D eigenvalue weighted by molar-refractivity contribution is 8.26. The molecule has 1 fully saturated rings. The average molecular weight is 365 g/mol. The van der Waals surface area contributed by atoms with Crippen LogP contribution in [0.1, 0.15) is 24.0 Å². The molecular weight excluding hydrogens is 350 g/mol. The Labute approximate surface area is 148 Å². The summed E-state index contributed by atoms with van der Waals surface area (Å²) in [5.74, 6) is -2.91. The highest BCUT2D eigenvalue weighted by Crippen LogP contribution is 2.35. The van der Waals surface area contributed by atoms with Crippen molar-refractivity contribution in [3.05, 3.63) is 40.3 Å². The number of benzene rings is 1. The fraction of sp³-hybridized carbons (Fsp3) is 0.250. The van der Waals surface area contributed by atoms with E-state index >= 15 is 0 Å². The van der Waals surface area contributed by atoms with Gasteiger partial charge in [-0.1, -0.05) is 53.8 Å². The van der Waals surface area contributed by atoms with Crippen molar-refractivity contribution in [1.29, 1.82) is 0 Å². The average Bonchev–Trinajstić information content (AvgIpc) is 2.74. The minimum absolute atomic E-state index is 0.122. The van der Waals surface area contributed by atoms with E-state index < -0.39 is 23.9 Å². The number of aliphatic carboxylic acids is 2. The molecule has 1 atom stereocenters. The summed E-state index contributed by atoms with van der Waals surface area (Å²) in [4.78, 5) is 36.0. The highest BCUT2D eigenvalue weighted by Gasteiger charge is 2.40. The Kier molecular flexibility index (Phi) is 5.74. The lowest BCUT2D eigenvalue weighted by molar-refractivity contribution is -0.146. The van der Waals surface area contributed by atoms with Gasteiger partial charge in [0.2, 0.25) is 0 Å². The van der Waals surface area contributed by atoms with Crippen molar-refractivity contribution in [3.63, 3.8) is 0 Å². The molecule has 0 aliphatic carbocycles. The Morgan fingerprint density at radius 2 is 2.08 bits per heavy atom. The molecule has 1 aromatic rings. The molecule has 6 nitrogen and oxygen atoms in total. The molecule has 2 N–H and O–H groups in total. The number of carbonyl (C=O) groups excluding carboxylic acids is 1. The van der Waals surface area contributed by atoms with Crippen molar-refractivity contribution in [2.75, 3.05) is 0 Å². The molecule has 0 spiro atoms. The standard InChI is InChI=1S/C16H15NO5S2/c1-9-3-2-4-10(7-9)8-12-14(20)17(16(23)24-12)11(15(21)22)5-6-13(18)19/h2-4,7-8,11H,5-6H2,1H3,(H,18,19)(H,21,22)/b12-8+/t11-/m1/s1. The Hall–Kier alpha value is -2.19. The first kappa shape index (κ1) is 18.2. The van der Waals surface area contributed by atoms with Gasteiger partial charge >= 0.3 is 11.9 Å². The van der Waals surface area contributed by atoms with Crippen molar-refractivity contribution in [2.45, 2.75) is 25.8 Å². The van der Waals surface area contributed by atoms with E-state index in [1.807, 2.05) is 31.2 Å². The van der Waals surface area contributed by atoms with Gasteiger partial charge in [0.05, 0.1) is 4.91 Å². The first-order valence-corrected chi connectivity index (χ1v) is 8.30. The number of carboxylic acids is 2. The fourth-order valence-corrected chi connectivity index (χ4v) is 3.64. The normalized spacial score (nSPS) is 17.4. The van der Waals surface area contributed by atoms with Gasteiger partial charge < -0.3 is 10.2 Å². The van der Waals surface area contributed by atoms with Crippen LogP contribution in [0.3, 0.4) is 0 Å². The number of thioether (sulfide) groups is 1. The topological polar surface area (TPSA) is 94.9 Å². The van der Waals surface area contributed by atoms with Gasteiger partial charge in [-0.3, -0.25) is 14.5 Å². The molecule has 0 radical (unpaired) electrons. The summed E-state index contributed by atoms with van der Waals surface area (Å²) in [6.07, 6.45) is 1.10. The molecule has 1 saturated heterocycles. The molecule has 1 aliphatic rings. The number of aryl methyl sites for hydroxylation is 1. The lowest BCUT2D eigenvalue weighted by Crippen LogP contribution is -2.44. The maximum Gasteiger partial charge on any atom is 0.326 e. The van der Waals surface area contributed by atoms with Gasteiger partial charge in [-0.05, 0) is 25.0 Å². The summed E-state index contributed by atoms with van der Waals surface area (Å²) in [7, 11) is 0. The van der Waals surface area contributed by atoms with E-state index in [0.717, 1.165) is 27.8 Å². The smallest absolute Gasteiger partial charge is 0.326 e.